The van der Waals surface area contributed by atoms with Gasteiger partial charge in [0.2, 0.25) is 0 Å². The minimum absolute atomic E-state index is 0.260. The summed E-state index contributed by atoms with van der Waals surface area (Å²) in [5.74, 6) is 0. The number of β-amino-alcohol motifs (C(OH)–C–C–N with tert-alkyl or cyclic N) is 1. The van der Waals surface area contributed by atoms with Crippen LogP contribution in [0.25, 0.3) is 0 Å². The SMILES string of the molecule is CC1(NCCO)CCCC1. The van der Waals surface area contributed by atoms with E-state index in [0.717, 1.165) is 6.54 Å². The summed E-state index contributed by atoms with van der Waals surface area (Å²) in [6, 6.07) is 0. The molecule has 0 saturated heterocycles. The average Bonchev–Trinajstić information content (AvgIpc) is 2.33. The van der Waals surface area contributed by atoms with Crippen molar-refractivity contribution < 1.29 is 5.11 Å². The van der Waals surface area contributed by atoms with Crippen LogP contribution in [0.15, 0.2) is 0 Å². The standard InChI is InChI=1S/C8H17NO/c1-8(9-6-7-10)4-2-3-5-8/h9-10H,2-7H2,1H3. The maximum atomic E-state index is 8.58. The number of aliphatic hydroxyl groups excluding tert-OH is 1. The predicted octanol–water partition coefficient (Wildman–Crippen LogP) is 0.901. The first-order valence-corrected chi connectivity index (χ1v) is 4.13. The zero-order chi connectivity index (χ0) is 7.45. The van der Waals surface area contributed by atoms with Crippen LogP contribution in [0, 0.1) is 0 Å². The lowest BCUT2D eigenvalue weighted by Gasteiger charge is -2.24. The van der Waals surface area contributed by atoms with Gasteiger partial charge in [0.25, 0.3) is 0 Å². The van der Waals surface area contributed by atoms with Gasteiger partial charge in [-0.3, -0.25) is 0 Å². The Balaban J connectivity index is 2.22. The van der Waals surface area contributed by atoms with Gasteiger partial charge in [-0.2, -0.15) is 0 Å². The van der Waals surface area contributed by atoms with Crippen LogP contribution in [0.4, 0.5) is 0 Å². The van der Waals surface area contributed by atoms with Crippen LogP contribution >= 0.6 is 0 Å². The monoisotopic (exact) mass is 143 g/mol. The van der Waals surface area contributed by atoms with E-state index in [1.54, 1.807) is 0 Å². The fourth-order valence-corrected chi connectivity index (χ4v) is 1.69. The Labute approximate surface area is 62.6 Å². The molecule has 1 aliphatic carbocycles. The molecule has 0 spiro atoms. The van der Waals surface area contributed by atoms with E-state index in [9.17, 15) is 0 Å². The second-order valence-electron chi connectivity index (χ2n) is 3.42. The van der Waals surface area contributed by atoms with E-state index in [0.29, 0.717) is 5.54 Å². The van der Waals surface area contributed by atoms with E-state index < -0.39 is 0 Å². The molecule has 10 heavy (non-hydrogen) atoms. The molecule has 2 nitrogen and oxygen atoms in total. The van der Waals surface area contributed by atoms with Gasteiger partial charge >= 0.3 is 0 Å². The third-order valence-electron chi connectivity index (χ3n) is 2.37. The molecule has 0 aliphatic heterocycles. The second-order valence-corrected chi connectivity index (χ2v) is 3.42. The largest absolute Gasteiger partial charge is 0.395 e. The molecule has 0 aromatic carbocycles. The Hall–Kier alpha value is -0.0800. The molecule has 2 heteroatoms. The first-order chi connectivity index (χ1) is 4.77. The summed E-state index contributed by atoms with van der Waals surface area (Å²) in [5.41, 5.74) is 0.336. The third kappa shape index (κ3) is 1.96. The number of hydrogen-bond donors (Lipinski definition) is 2. The summed E-state index contributed by atoms with van der Waals surface area (Å²) in [7, 11) is 0. The van der Waals surface area contributed by atoms with Crippen molar-refractivity contribution in [2.45, 2.75) is 38.1 Å². The molecule has 0 unspecified atom stereocenters. The predicted molar refractivity (Wildman–Crippen MR) is 42.0 cm³/mol. The molecule has 60 valence electrons. The van der Waals surface area contributed by atoms with E-state index in [-0.39, 0.29) is 6.61 Å². The smallest absolute Gasteiger partial charge is 0.0556 e. The number of aliphatic hydroxyl groups is 1. The molecule has 1 fully saturated rings. The highest BCUT2D eigenvalue weighted by molar-refractivity contribution is 4.87. The summed E-state index contributed by atoms with van der Waals surface area (Å²) in [6.45, 7) is 3.25. The molecule has 0 aromatic rings. The Morgan fingerprint density at radius 2 is 2.00 bits per heavy atom. The van der Waals surface area contributed by atoms with Gasteiger partial charge < -0.3 is 10.4 Å². The van der Waals surface area contributed by atoms with Gasteiger partial charge in [0.05, 0.1) is 6.61 Å². The highest BCUT2D eigenvalue weighted by Gasteiger charge is 2.26. The molecule has 0 heterocycles. The summed E-state index contributed by atoms with van der Waals surface area (Å²) in [5, 5.41) is 11.9. The molecule has 1 rings (SSSR count). The summed E-state index contributed by atoms with van der Waals surface area (Å²) >= 11 is 0. The molecule has 1 aliphatic rings. The van der Waals surface area contributed by atoms with Gasteiger partial charge in [0.15, 0.2) is 0 Å². The van der Waals surface area contributed by atoms with Crippen molar-refractivity contribution in [2.24, 2.45) is 0 Å². The van der Waals surface area contributed by atoms with Crippen LogP contribution in [-0.4, -0.2) is 23.8 Å². The Morgan fingerprint density at radius 3 is 2.50 bits per heavy atom. The van der Waals surface area contributed by atoms with Gasteiger partial charge in [-0.05, 0) is 19.8 Å². The zero-order valence-corrected chi connectivity index (χ0v) is 6.69. The third-order valence-corrected chi connectivity index (χ3v) is 2.37. The van der Waals surface area contributed by atoms with Crippen LogP contribution in [0.5, 0.6) is 0 Å². The van der Waals surface area contributed by atoms with Crippen LogP contribution in [-0.2, 0) is 0 Å². The van der Waals surface area contributed by atoms with Crippen LogP contribution in [0.2, 0.25) is 0 Å². The summed E-state index contributed by atoms with van der Waals surface area (Å²) in [6.07, 6.45) is 5.23. The van der Waals surface area contributed by atoms with Crippen molar-refractivity contribution in [3.05, 3.63) is 0 Å². The van der Waals surface area contributed by atoms with E-state index >= 15 is 0 Å². The van der Waals surface area contributed by atoms with Gasteiger partial charge in [-0.25, -0.2) is 0 Å². The normalized spacial score (nSPS) is 23.4. The Bertz CT molecular complexity index is 97.4. The van der Waals surface area contributed by atoms with Crippen LogP contribution in [0.3, 0.4) is 0 Å². The molecule has 0 radical (unpaired) electrons. The fourth-order valence-electron chi connectivity index (χ4n) is 1.69. The lowest BCUT2D eigenvalue weighted by molar-refractivity contribution is 0.260. The lowest BCUT2D eigenvalue weighted by atomic mass is 10.0. The molecule has 0 atom stereocenters. The summed E-state index contributed by atoms with van der Waals surface area (Å²) in [4.78, 5) is 0. The molecule has 1 saturated carbocycles. The quantitative estimate of drug-likeness (QED) is 0.615. The van der Waals surface area contributed by atoms with E-state index in [1.807, 2.05) is 0 Å². The Kier molecular flexibility index (Phi) is 2.69. The molecular formula is C8H17NO. The zero-order valence-electron chi connectivity index (χ0n) is 6.69. The minimum atomic E-state index is 0.260. The average molecular weight is 143 g/mol. The molecule has 2 N–H and O–H groups in total. The molecule has 0 aromatic heterocycles. The minimum Gasteiger partial charge on any atom is -0.395 e. The van der Waals surface area contributed by atoms with Crippen molar-refractivity contribution in [1.29, 1.82) is 0 Å². The van der Waals surface area contributed by atoms with Gasteiger partial charge in [0, 0.05) is 12.1 Å². The van der Waals surface area contributed by atoms with E-state index in [1.165, 1.54) is 25.7 Å². The van der Waals surface area contributed by atoms with E-state index in [4.69, 9.17) is 5.11 Å². The highest BCUT2D eigenvalue weighted by atomic mass is 16.3. The molecule has 0 amide bonds. The van der Waals surface area contributed by atoms with Gasteiger partial charge in [-0.15, -0.1) is 0 Å². The van der Waals surface area contributed by atoms with Crippen molar-refractivity contribution in [3.63, 3.8) is 0 Å². The first-order valence-electron chi connectivity index (χ1n) is 4.13. The van der Waals surface area contributed by atoms with Gasteiger partial charge in [0.1, 0.15) is 0 Å². The van der Waals surface area contributed by atoms with Crippen LogP contribution < -0.4 is 5.32 Å². The number of hydrogen-bond acceptors (Lipinski definition) is 2. The second kappa shape index (κ2) is 3.35. The first kappa shape index (κ1) is 8.02. The van der Waals surface area contributed by atoms with Crippen LogP contribution in [0.1, 0.15) is 32.6 Å². The number of nitrogens with one attached hydrogen (secondary N) is 1. The lowest BCUT2D eigenvalue weighted by Crippen LogP contribution is -2.40. The Morgan fingerprint density at radius 1 is 1.40 bits per heavy atom. The topological polar surface area (TPSA) is 32.3 Å². The van der Waals surface area contributed by atoms with Crippen molar-refractivity contribution in [3.8, 4) is 0 Å². The van der Waals surface area contributed by atoms with E-state index in [2.05, 4.69) is 12.2 Å². The maximum absolute atomic E-state index is 8.58. The highest BCUT2D eigenvalue weighted by Crippen LogP contribution is 2.28. The maximum Gasteiger partial charge on any atom is 0.0556 e. The summed E-state index contributed by atoms with van der Waals surface area (Å²) < 4.78 is 0. The number of rotatable bonds is 3. The fraction of sp³-hybridized carbons (Fsp3) is 1.00. The molecular weight excluding hydrogens is 126 g/mol. The van der Waals surface area contributed by atoms with Crippen molar-refractivity contribution in [1.82, 2.24) is 5.32 Å². The molecule has 0 bridgehead atoms. The van der Waals surface area contributed by atoms with Gasteiger partial charge in [-0.1, -0.05) is 12.8 Å². The van der Waals surface area contributed by atoms with Crippen molar-refractivity contribution >= 4 is 0 Å². The van der Waals surface area contributed by atoms with Crippen molar-refractivity contribution in [2.75, 3.05) is 13.2 Å².